The van der Waals surface area contributed by atoms with Gasteiger partial charge in [0, 0.05) is 6.54 Å². The minimum absolute atomic E-state index is 0.112. The van der Waals surface area contributed by atoms with Crippen molar-refractivity contribution in [2.45, 2.75) is 19.3 Å². The van der Waals surface area contributed by atoms with Gasteiger partial charge in [0.25, 0.3) is 0 Å². The van der Waals surface area contributed by atoms with Gasteiger partial charge in [0.1, 0.15) is 13.2 Å². The largest absolute Gasteiger partial charge is 0.446 e. The number of rotatable bonds is 4. The third-order valence-corrected chi connectivity index (χ3v) is 1.42. The third-order valence-electron chi connectivity index (χ3n) is 1.42. The van der Waals surface area contributed by atoms with E-state index < -0.39 is 12.8 Å². The molecule has 0 saturated carbocycles. The number of ether oxygens (including phenoxy) is 1. The minimum atomic E-state index is -4.33. The zero-order valence-electron chi connectivity index (χ0n) is 7.17. The van der Waals surface area contributed by atoms with E-state index in [2.05, 4.69) is 9.72 Å². The monoisotopic (exact) mass is 210 g/mol. The maximum atomic E-state index is 11.7. The van der Waals surface area contributed by atoms with Gasteiger partial charge in [-0.05, 0) is 0 Å². The van der Waals surface area contributed by atoms with E-state index >= 15 is 0 Å². The van der Waals surface area contributed by atoms with Crippen LogP contribution in [0.5, 0.6) is 0 Å². The molecule has 0 fully saturated rings. The SMILES string of the molecule is NCc1ncoc1COCC(F)(F)F. The first-order valence-electron chi connectivity index (χ1n) is 3.78. The van der Waals surface area contributed by atoms with Crippen LogP contribution in [0.25, 0.3) is 0 Å². The van der Waals surface area contributed by atoms with E-state index in [0.29, 0.717) is 5.69 Å². The van der Waals surface area contributed by atoms with Crippen LogP contribution in [0.4, 0.5) is 13.2 Å². The van der Waals surface area contributed by atoms with Gasteiger partial charge in [0.15, 0.2) is 12.2 Å². The van der Waals surface area contributed by atoms with Gasteiger partial charge in [-0.15, -0.1) is 0 Å². The summed E-state index contributed by atoms with van der Waals surface area (Å²) in [6.45, 7) is -1.47. The highest BCUT2D eigenvalue weighted by atomic mass is 19.4. The van der Waals surface area contributed by atoms with Gasteiger partial charge >= 0.3 is 6.18 Å². The molecule has 4 nitrogen and oxygen atoms in total. The molecule has 1 heterocycles. The Balaban J connectivity index is 2.38. The Bertz CT molecular complexity index is 285. The van der Waals surface area contributed by atoms with Gasteiger partial charge in [-0.25, -0.2) is 4.98 Å². The molecule has 0 aromatic carbocycles. The lowest BCUT2D eigenvalue weighted by atomic mass is 10.3. The number of alkyl halides is 3. The average Bonchev–Trinajstić information content (AvgIpc) is 2.49. The molecule has 0 atom stereocenters. The molecule has 1 rings (SSSR count). The molecule has 0 bridgehead atoms. The molecule has 0 saturated heterocycles. The van der Waals surface area contributed by atoms with E-state index in [1.807, 2.05) is 0 Å². The highest BCUT2D eigenvalue weighted by Gasteiger charge is 2.27. The molecule has 14 heavy (non-hydrogen) atoms. The smallest absolute Gasteiger partial charge is 0.411 e. The van der Waals surface area contributed by atoms with Crippen molar-refractivity contribution in [1.82, 2.24) is 4.98 Å². The standard InChI is InChI=1S/C7H9F3N2O2/c8-7(9,10)3-13-2-6-5(1-11)12-4-14-6/h4H,1-3,11H2. The molecular weight excluding hydrogens is 201 g/mol. The van der Waals surface area contributed by atoms with Gasteiger partial charge in [-0.2, -0.15) is 13.2 Å². The first-order valence-corrected chi connectivity index (χ1v) is 3.78. The van der Waals surface area contributed by atoms with Crippen LogP contribution in [-0.4, -0.2) is 17.8 Å². The summed E-state index contributed by atoms with van der Waals surface area (Å²) in [5.74, 6) is 0.233. The maximum Gasteiger partial charge on any atom is 0.411 e. The molecule has 0 aliphatic heterocycles. The summed E-state index contributed by atoms with van der Waals surface area (Å²) >= 11 is 0. The van der Waals surface area contributed by atoms with Crippen molar-refractivity contribution in [3.8, 4) is 0 Å². The molecular formula is C7H9F3N2O2. The van der Waals surface area contributed by atoms with E-state index in [0.717, 1.165) is 6.39 Å². The number of aromatic nitrogens is 1. The Kier molecular flexibility index (Phi) is 3.48. The number of halogens is 3. The lowest BCUT2D eigenvalue weighted by Gasteiger charge is -2.06. The van der Waals surface area contributed by atoms with Gasteiger partial charge in [0.2, 0.25) is 0 Å². The topological polar surface area (TPSA) is 61.3 Å². The van der Waals surface area contributed by atoms with E-state index in [-0.39, 0.29) is 18.9 Å². The fourth-order valence-corrected chi connectivity index (χ4v) is 0.837. The Morgan fingerprint density at radius 1 is 1.50 bits per heavy atom. The molecule has 7 heteroatoms. The molecule has 0 aliphatic rings. The molecule has 0 amide bonds. The van der Waals surface area contributed by atoms with Crippen molar-refractivity contribution in [2.24, 2.45) is 5.73 Å². The third kappa shape index (κ3) is 3.35. The molecule has 2 N–H and O–H groups in total. The van der Waals surface area contributed by atoms with Gasteiger partial charge in [-0.1, -0.05) is 0 Å². The quantitative estimate of drug-likeness (QED) is 0.811. The number of hydrogen-bond donors (Lipinski definition) is 1. The fourth-order valence-electron chi connectivity index (χ4n) is 0.837. The molecule has 0 unspecified atom stereocenters. The summed E-state index contributed by atoms with van der Waals surface area (Å²) in [7, 11) is 0. The van der Waals surface area contributed by atoms with Crippen LogP contribution >= 0.6 is 0 Å². The van der Waals surface area contributed by atoms with Crippen molar-refractivity contribution >= 4 is 0 Å². The van der Waals surface area contributed by atoms with Crippen molar-refractivity contribution in [1.29, 1.82) is 0 Å². The predicted molar refractivity (Wildman–Crippen MR) is 40.1 cm³/mol. The summed E-state index contributed by atoms with van der Waals surface area (Å²) < 4.78 is 44.2. The van der Waals surface area contributed by atoms with Crippen LogP contribution in [-0.2, 0) is 17.9 Å². The number of nitrogens with zero attached hydrogens (tertiary/aromatic N) is 1. The second-order valence-electron chi connectivity index (χ2n) is 2.53. The zero-order chi connectivity index (χ0) is 10.6. The summed E-state index contributed by atoms with van der Waals surface area (Å²) in [5, 5.41) is 0. The maximum absolute atomic E-state index is 11.7. The van der Waals surface area contributed by atoms with Crippen molar-refractivity contribution in [3.63, 3.8) is 0 Å². The van der Waals surface area contributed by atoms with Gasteiger partial charge < -0.3 is 14.9 Å². The Hall–Kier alpha value is -1.08. The first-order chi connectivity index (χ1) is 6.53. The first kappa shape index (κ1) is 11.0. The van der Waals surface area contributed by atoms with Crippen LogP contribution in [0.1, 0.15) is 11.5 Å². The molecule has 1 aromatic heterocycles. The van der Waals surface area contributed by atoms with Crippen LogP contribution in [0, 0.1) is 0 Å². The predicted octanol–water partition coefficient (Wildman–Crippen LogP) is 1.21. The van der Waals surface area contributed by atoms with Crippen LogP contribution in [0.2, 0.25) is 0 Å². The van der Waals surface area contributed by atoms with Gasteiger partial charge in [-0.3, -0.25) is 0 Å². The number of oxazole rings is 1. The minimum Gasteiger partial charge on any atom is -0.446 e. The van der Waals surface area contributed by atoms with Crippen LogP contribution in [0.15, 0.2) is 10.8 Å². The van der Waals surface area contributed by atoms with Crippen molar-refractivity contribution in [2.75, 3.05) is 6.61 Å². The van der Waals surface area contributed by atoms with Crippen molar-refractivity contribution < 1.29 is 22.3 Å². The average molecular weight is 210 g/mol. The second kappa shape index (κ2) is 4.43. The van der Waals surface area contributed by atoms with Crippen LogP contribution in [0.3, 0.4) is 0 Å². The molecule has 1 aromatic rings. The number of nitrogens with two attached hydrogens (primary N) is 1. The number of hydrogen-bond acceptors (Lipinski definition) is 4. The summed E-state index contributed by atoms with van der Waals surface area (Å²) in [4.78, 5) is 3.70. The van der Waals surface area contributed by atoms with E-state index in [4.69, 9.17) is 10.2 Å². The zero-order valence-corrected chi connectivity index (χ0v) is 7.17. The van der Waals surface area contributed by atoms with Crippen LogP contribution < -0.4 is 5.73 Å². The van der Waals surface area contributed by atoms with E-state index in [1.165, 1.54) is 0 Å². The highest BCUT2D eigenvalue weighted by molar-refractivity contribution is 5.04. The molecule has 0 radical (unpaired) electrons. The molecule has 0 spiro atoms. The molecule has 80 valence electrons. The van der Waals surface area contributed by atoms with Crippen molar-refractivity contribution in [3.05, 3.63) is 17.8 Å². The summed E-state index contributed by atoms with van der Waals surface area (Å²) in [6, 6.07) is 0. The van der Waals surface area contributed by atoms with E-state index in [1.54, 1.807) is 0 Å². The van der Waals surface area contributed by atoms with E-state index in [9.17, 15) is 13.2 Å². The Morgan fingerprint density at radius 3 is 2.79 bits per heavy atom. The summed E-state index contributed by atoms with van der Waals surface area (Å²) in [5.41, 5.74) is 5.66. The highest BCUT2D eigenvalue weighted by Crippen LogP contribution is 2.16. The van der Waals surface area contributed by atoms with Gasteiger partial charge in [0.05, 0.1) is 5.69 Å². The summed E-state index contributed by atoms with van der Waals surface area (Å²) in [6.07, 6.45) is -3.21. The lowest BCUT2D eigenvalue weighted by molar-refractivity contribution is -0.177. The Morgan fingerprint density at radius 2 is 2.21 bits per heavy atom. The lowest BCUT2D eigenvalue weighted by Crippen LogP contribution is -2.17. The fraction of sp³-hybridized carbons (Fsp3) is 0.571. The Labute approximate surface area is 77.9 Å². The molecule has 0 aliphatic carbocycles. The second-order valence-corrected chi connectivity index (χ2v) is 2.53. The normalized spacial score (nSPS) is 12.0.